The van der Waals surface area contributed by atoms with Crippen LogP contribution >= 0.6 is 0 Å². The summed E-state index contributed by atoms with van der Waals surface area (Å²) < 4.78 is 6.06. The minimum Gasteiger partial charge on any atom is -0.420 e. The van der Waals surface area contributed by atoms with Crippen LogP contribution in [-0.2, 0) is 5.41 Å². The van der Waals surface area contributed by atoms with Gasteiger partial charge in [0, 0.05) is 23.1 Å². The summed E-state index contributed by atoms with van der Waals surface area (Å²) in [7, 11) is 0. The number of aromatic nitrogens is 2. The summed E-state index contributed by atoms with van der Waals surface area (Å²) in [5, 5.41) is 19.4. The highest BCUT2D eigenvalue weighted by Crippen LogP contribution is 2.60. The van der Waals surface area contributed by atoms with Gasteiger partial charge in [0.1, 0.15) is 0 Å². The van der Waals surface area contributed by atoms with Gasteiger partial charge in [0.15, 0.2) is 0 Å². The lowest BCUT2D eigenvalue weighted by atomic mass is 9.49. The molecule has 6 nitrogen and oxygen atoms in total. The standard InChI is InChI=1S/C18H19N3O3/c22-21(23)15-3-1-14(2-4-15)16-19-20-17(24-16)18-8-11-5-12(9-18)7-13(6-11)10-18/h1-4,11-13H,5-10H2. The summed E-state index contributed by atoms with van der Waals surface area (Å²) >= 11 is 0. The molecule has 6 rings (SSSR count). The monoisotopic (exact) mass is 325 g/mol. The molecular formula is C18H19N3O3. The highest BCUT2D eigenvalue weighted by Gasteiger charge is 2.54. The first kappa shape index (κ1) is 14.1. The zero-order valence-corrected chi connectivity index (χ0v) is 13.4. The van der Waals surface area contributed by atoms with Crippen LogP contribution in [0, 0.1) is 27.9 Å². The molecule has 0 amide bonds. The van der Waals surface area contributed by atoms with Crippen molar-refractivity contribution in [1.82, 2.24) is 10.2 Å². The number of benzene rings is 1. The Hall–Kier alpha value is -2.24. The number of hydrogen-bond donors (Lipinski definition) is 0. The van der Waals surface area contributed by atoms with Crippen molar-refractivity contribution < 1.29 is 9.34 Å². The molecule has 6 heteroatoms. The van der Waals surface area contributed by atoms with Crippen LogP contribution in [0.25, 0.3) is 11.5 Å². The lowest BCUT2D eigenvalue weighted by Crippen LogP contribution is -2.48. The quantitative estimate of drug-likeness (QED) is 0.626. The summed E-state index contributed by atoms with van der Waals surface area (Å²) in [6.45, 7) is 0. The lowest BCUT2D eigenvalue weighted by Gasteiger charge is -2.55. The predicted molar refractivity (Wildman–Crippen MR) is 86.2 cm³/mol. The highest BCUT2D eigenvalue weighted by molar-refractivity contribution is 5.55. The second kappa shape index (κ2) is 4.88. The first-order chi connectivity index (χ1) is 11.6. The van der Waals surface area contributed by atoms with Gasteiger partial charge in [0.2, 0.25) is 11.8 Å². The van der Waals surface area contributed by atoms with E-state index in [-0.39, 0.29) is 11.1 Å². The normalized spacial score (nSPS) is 33.8. The third-order valence-electron chi connectivity index (χ3n) is 6.24. The topological polar surface area (TPSA) is 82.1 Å². The van der Waals surface area contributed by atoms with Crippen LogP contribution in [0.1, 0.15) is 44.4 Å². The third-order valence-corrected chi connectivity index (χ3v) is 6.24. The minimum absolute atomic E-state index is 0.0690. The van der Waals surface area contributed by atoms with E-state index in [2.05, 4.69) is 10.2 Å². The van der Waals surface area contributed by atoms with Crippen molar-refractivity contribution in [2.75, 3.05) is 0 Å². The Morgan fingerprint density at radius 2 is 1.58 bits per heavy atom. The molecule has 4 bridgehead atoms. The molecule has 0 aliphatic heterocycles. The van der Waals surface area contributed by atoms with E-state index in [1.807, 2.05) is 0 Å². The van der Waals surface area contributed by atoms with E-state index in [1.165, 1.54) is 50.7 Å². The molecule has 0 spiro atoms. The number of non-ortho nitro benzene ring substituents is 1. The average molecular weight is 325 g/mol. The van der Waals surface area contributed by atoms with Gasteiger partial charge in [-0.05, 0) is 68.4 Å². The number of hydrogen-bond acceptors (Lipinski definition) is 5. The Morgan fingerprint density at radius 3 is 2.12 bits per heavy atom. The van der Waals surface area contributed by atoms with Gasteiger partial charge in [-0.3, -0.25) is 10.1 Å². The van der Waals surface area contributed by atoms with Crippen LogP contribution in [0.5, 0.6) is 0 Å². The van der Waals surface area contributed by atoms with Gasteiger partial charge < -0.3 is 4.42 Å². The number of nitro groups is 1. The molecule has 0 radical (unpaired) electrons. The van der Waals surface area contributed by atoms with Crippen molar-refractivity contribution in [1.29, 1.82) is 0 Å². The van der Waals surface area contributed by atoms with Gasteiger partial charge in [0.25, 0.3) is 5.69 Å². The summed E-state index contributed by atoms with van der Waals surface area (Å²) in [5.74, 6) is 3.73. The Bertz CT molecular complexity index is 761. The van der Waals surface area contributed by atoms with E-state index < -0.39 is 4.92 Å². The molecule has 0 N–H and O–H groups in total. The Labute approximate surface area is 139 Å². The van der Waals surface area contributed by atoms with Gasteiger partial charge in [-0.15, -0.1) is 10.2 Å². The molecule has 1 aromatic carbocycles. The Morgan fingerprint density at radius 1 is 1.00 bits per heavy atom. The SMILES string of the molecule is O=[N+]([O-])c1ccc(-c2nnc(C34CC5CC(CC(C5)C3)C4)o2)cc1. The zero-order valence-electron chi connectivity index (χ0n) is 13.4. The Balaban J connectivity index is 1.46. The fraction of sp³-hybridized carbons (Fsp3) is 0.556. The molecule has 1 heterocycles. The largest absolute Gasteiger partial charge is 0.420 e. The van der Waals surface area contributed by atoms with Gasteiger partial charge >= 0.3 is 0 Å². The second-order valence-corrected chi connectivity index (χ2v) is 7.91. The predicted octanol–water partition coefficient (Wildman–Crippen LogP) is 4.11. The van der Waals surface area contributed by atoms with E-state index in [0.29, 0.717) is 5.89 Å². The third kappa shape index (κ3) is 2.08. The first-order valence-electron chi connectivity index (χ1n) is 8.70. The van der Waals surface area contributed by atoms with E-state index in [0.717, 1.165) is 29.2 Å². The number of rotatable bonds is 3. The maximum atomic E-state index is 10.8. The van der Waals surface area contributed by atoms with Crippen LogP contribution < -0.4 is 0 Å². The molecule has 124 valence electrons. The molecule has 0 saturated heterocycles. The lowest BCUT2D eigenvalue weighted by molar-refractivity contribution is -0.384. The van der Waals surface area contributed by atoms with Crippen molar-refractivity contribution in [3.05, 3.63) is 40.3 Å². The summed E-state index contributed by atoms with van der Waals surface area (Å²) in [4.78, 5) is 10.4. The number of nitrogens with zero attached hydrogens (tertiary/aromatic N) is 3. The van der Waals surface area contributed by atoms with E-state index in [9.17, 15) is 10.1 Å². The van der Waals surface area contributed by atoms with Gasteiger partial charge in [-0.25, -0.2) is 0 Å². The average Bonchev–Trinajstić information content (AvgIpc) is 3.04. The van der Waals surface area contributed by atoms with Crippen LogP contribution in [0.3, 0.4) is 0 Å². The molecule has 24 heavy (non-hydrogen) atoms. The van der Waals surface area contributed by atoms with Crippen LogP contribution in [-0.4, -0.2) is 15.1 Å². The van der Waals surface area contributed by atoms with Crippen molar-refractivity contribution in [2.24, 2.45) is 17.8 Å². The van der Waals surface area contributed by atoms with Crippen molar-refractivity contribution in [3.8, 4) is 11.5 Å². The first-order valence-corrected chi connectivity index (χ1v) is 8.70. The van der Waals surface area contributed by atoms with Gasteiger partial charge in [-0.1, -0.05) is 0 Å². The summed E-state index contributed by atoms with van der Waals surface area (Å²) in [5.41, 5.74) is 0.893. The van der Waals surface area contributed by atoms with Crippen molar-refractivity contribution in [2.45, 2.75) is 43.9 Å². The van der Waals surface area contributed by atoms with Crippen molar-refractivity contribution >= 4 is 5.69 Å². The molecule has 0 unspecified atom stereocenters. The number of nitro benzene ring substituents is 1. The van der Waals surface area contributed by atoms with E-state index in [1.54, 1.807) is 12.1 Å². The zero-order chi connectivity index (χ0) is 16.3. The molecule has 4 saturated carbocycles. The van der Waals surface area contributed by atoms with Crippen LogP contribution in [0.2, 0.25) is 0 Å². The van der Waals surface area contributed by atoms with Gasteiger partial charge in [0.05, 0.1) is 4.92 Å². The van der Waals surface area contributed by atoms with Crippen molar-refractivity contribution in [3.63, 3.8) is 0 Å². The molecule has 0 atom stereocenters. The molecule has 4 aliphatic carbocycles. The smallest absolute Gasteiger partial charge is 0.269 e. The maximum absolute atomic E-state index is 10.8. The van der Waals surface area contributed by atoms with Gasteiger partial charge in [-0.2, -0.15) is 0 Å². The second-order valence-electron chi connectivity index (χ2n) is 7.91. The molecule has 2 aromatic rings. The minimum atomic E-state index is -0.404. The Kier molecular flexibility index (Phi) is 2.87. The maximum Gasteiger partial charge on any atom is 0.269 e. The van der Waals surface area contributed by atoms with E-state index >= 15 is 0 Å². The fourth-order valence-corrected chi connectivity index (χ4v) is 5.65. The van der Waals surface area contributed by atoms with E-state index in [4.69, 9.17) is 4.42 Å². The fourth-order valence-electron chi connectivity index (χ4n) is 5.65. The van der Waals surface area contributed by atoms with Crippen LogP contribution in [0.15, 0.2) is 28.7 Å². The van der Waals surface area contributed by atoms with Crippen LogP contribution in [0.4, 0.5) is 5.69 Å². The molecule has 4 fully saturated rings. The molecule has 1 aromatic heterocycles. The summed E-state index contributed by atoms with van der Waals surface area (Å²) in [6.07, 6.45) is 7.68. The summed E-state index contributed by atoms with van der Waals surface area (Å²) in [6, 6.07) is 6.30. The molecular weight excluding hydrogens is 306 g/mol. The highest BCUT2D eigenvalue weighted by atomic mass is 16.6. The molecule has 4 aliphatic rings.